The third kappa shape index (κ3) is 2.07. The number of nitriles is 2. The summed E-state index contributed by atoms with van der Waals surface area (Å²) in [6.07, 6.45) is 0.459. The van der Waals surface area contributed by atoms with Gasteiger partial charge in [-0.15, -0.1) is 0 Å². The first-order chi connectivity index (χ1) is 4.54. The maximum atomic E-state index is 8.63. The van der Waals surface area contributed by atoms with Crippen LogP contribution in [0.1, 0.15) is 27.2 Å². The molecule has 10 heavy (non-hydrogen) atoms. The second-order valence-electron chi connectivity index (χ2n) is 3.10. The highest BCUT2D eigenvalue weighted by Gasteiger charge is 2.24. The average Bonchev–Trinajstić information content (AvgIpc) is 1.89. The summed E-state index contributed by atoms with van der Waals surface area (Å²) in [6, 6.07) is 4.23. The summed E-state index contributed by atoms with van der Waals surface area (Å²) in [4.78, 5) is 0. The fourth-order valence-electron chi connectivity index (χ4n) is 0.502. The molecule has 1 atom stereocenters. The van der Waals surface area contributed by atoms with Crippen LogP contribution in [0.3, 0.4) is 0 Å². The second kappa shape index (κ2) is 3.22. The van der Waals surface area contributed by atoms with Crippen LogP contribution in [0.15, 0.2) is 0 Å². The van der Waals surface area contributed by atoms with E-state index < -0.39 is 0 Å². The summed E-state index contributed by atoms with van der Waals surface area (Å²) in [5, 5.41) is 17.0. The number of rotatable bonds is 2. The fourth-order valence-corrected chi connectivity index (χ4v) is 0.502. The summed E-state index contributed by atoms with van der Waals surface area (Å²) in [5.41, 5.74) is -0.365. The lowest BCUT2D eigenvalue weighted by molar-refractivity contribution is 0.324. The van der Waals surface area contributed by atoms with Gasteiger partial charge in [-0.1, -0.05) is 6.92 Å². The Kier molecular flexibility index (Phi) is 2.90. The molecule has 0 aliphatic heterocycles. The Morgan fingerprint density at radius 2 is 1.90 bits per heavy atom. The molecule has 0 radical (unpaired) electrons. The Bertz CT molecular complexity index is 180. The maximum Gasteiger partial charge on any atom is 0.0687 e. The highest BCUT2D eigenvalue weighted by Crippen LogP contribution is 2.27. The van der Waals surface area contributed by atoms with Crippen LogP contribution in [-0.2, 0) is 0 Å². The lowest BCUT2D eigenvalue weighted by Gasteiger charge is -2.20. The van der Waals surface area contributed by atoms with Crippen molar-refractivity contribution in [3.05, 3.63) is 0 Å². The number of nitrogens with zero attached hydrogens (tertiary/aromatic N) is 2. The minimum absolute atomic E-state index is 0.155. The zero-order valence-corrected chi connectivity index (χ0v) is 6.68. The van der Waals surface area contributed by atoms with E-state index in [1.807, 2.05) is 20.8 Å². The van der Waals surface area contributed by atoms with Crippen LogP contribution < -0.4 is 0 Å². The molecule has 0 spiro atoms. The fraction of sp³-hybridized carbons (Fsp3) is 0.750. The van der Waals surface area contributed by atoms with Crippen molar-refractivity contribution in [3.63, 3.8) is 0 Å². The summed E-state index contributed by atoms with van der Waals surface area (Å²) in [6.45, 7) is 5.64. The average molecular weight is 136 g/mol. The van der Waals surface area contributed by atoms with E-state index in [1.54, 1.807) is 0 Å². The predicted molar refractivity (Wildman–Crippen MR) is 38.8 cm³/mol. The Labute approximate surface area is 62.1 Å². The van der Waals surface area contributed by atoms with Gasteiger partial charge in [0.2, 0.25) is 0 Å². The smallest absolute Gasteiger partial charge is 0.0687 e. The van der Waals surface area contributed by atoms with Gasteiger partial charge in [-0.3, -0.25) is 0 Å². The van der Waals surface area contributed by atoms with Crippen molar-refractivity contribution in [2.45, 2.75) is 27.2 Å². The largest absolute Gasteiger partial charge is 0.198 e. The topological polar surface area (TPSA) is 47.6 Å². The van der Waals surface area contributed by atoms with Gasteiger partial charge in [0.25, 0.3) is 0 Å². The van der Waals surface area contributed by atoms with Crippen LogP contribution in [0.5, 0.6) is 0 Å². The zero-order chi connectivity index (χ0) is 8.20. The molecule has 0 heterocycles. The van der Waals surface area contributed by atoms with Crippen LogP contribution >= 0.6 is 0 Å². The minimum atomic E-state index is -0.365. The van der Waals surface area contributed by atoms with Crippen LogP contribution in [0.25, 0.3) is 0 Å². The minimum Gasteiger partial charge on any atom is -0.198 e. The van der Waals surface area contributed by atoms with Crippen molar-refractivity contribution in [3.8, 4) is 12.1 Å². The van der Waals surface area contributed by atoms with Gasteiger partial charge in [0.05, 0.1) is 17.6 Å². The van der Waals surface area contributed by atoms with Crippen LogP contribution in [-0.4, -0.2) is 0 Å². The molecule has 0 saturated carbocycles. The van der Waals surface area contributed by atoms with Crippen molar-refractivity contribution < 1.29 is 0 Å². The monoisotopic (exact) mass is 136 g/mol. The van der Waals surface area contributed by atoms with Crippen molar-refractivity contribution in [2.75, 3.05) is 0 Å². The Morgan fingerprint density at radius 1 is 1.40 bits per heavy atom. The molecule has 0 aliphatic carbocycles. The number of hydrogen-bond acceptors (Lipinski definition) is 2. The lowest BCUT2D eigenvalue weighted by atomic mass is 9.80. The summed E-state index contributed by atoms with van der Waals surface area (Å²) in [5.74, 6) is 0.155. The highest BCUT2D eigenvalue weighted by atomic mass is 14.4. The number of hydrogen-bond donors (Lipinski definition) is 0. The van der Waals surface area contributed by atoms with Crippen molar-refractivity contribution >= 4 is 0 Å². The molecule has 0 aliphatic rings. The van der Waals surface area contributed by atoms with Crippen LogP contribution in [0.4, 0.5) is 0 Å². The quantitative estimate of drug-likeness (QED) is 0.583. The van der Waals surface area contributed by atoms with Crippen molar-refractivity contribution in [2.24, 2.45) is 11.3 Å². The first-order valence-corrected chi connectivity index (χ1v) is 3.33. The van der Waals surface area contributed by atoms with Gasteiger partial charge < -0.3 is 0 Å². The molecule has 0 saturated heterocycles. The predicted octanol–water partition coefficient (Wildman–Crippen LogP) is 2.09. The SMILES string of the molecule is CC(CC#N)C(C)(C)C#N. The third-order valence-electron chi connectivity index (χ3n) is 1.92. The molecule has 0 aromatic heterocycles. The van der Waals surface area contributed by atoms with Crippen LogP contribution in [0.2, 0.25) is 0 Å². The van der Waals surface area contributed by atoms with E-state index in [2.05, 4.69) is 12.1 Å². The molecular weight excluding hydrogens is 124 g/mol. The normalized spacial score (nSPS) is 13.3. The zero-order valence-electron chi connectivity index (χ0n) is 6.68. The Morgan fingerprint density at radius 3 is 2.20 bits per heavy atom. The van der Waals surface area contributed by atoms with Crippen molar-refractivity contribution in [1.29, 1.82) is 10.5 Å². The molecule has 2 heteroatoms. The van der Waals surface area contributed by atoms with Gasteiger partial charge >= 0.3 is 0 Å². The third-order valence-corrected chi connectivity index (χ3v) is 1.92. The van der Waals surface area contributed by atoms with E-state index >= 15 is 0 Å². The molecule has 0 aromatic carbocycles. The Hall–Kier alpha value is -1.02. The van der Waals surface area contributed by atoms with Gasteiger partial charge in [0, 0.05) is 6.42 Å². The molecule has 0 amide bonds. The molecule has 1 unspecified atom stereocenters. The van der Waals surface area contributed by atoms with E-state index in [0.29, 0.717) is 6.42 Å². The molecule has 0 fully saturated rings. The molecule has 54 valence electrons. The molecule has 0 N–H and O–H groups in total. The van der Waals surface area contributed by atoms with E-state index in [9.17, 15) is 0 Å². The van der Waals surface area contributed by atoms with Crippen LogP contribution in [0, 0.1) is 34.0 Å². The van der Waals surface area contributed by atoms with Gasteiger partial charge in [-0.2, -0.15) is 10.5 Å². The molecule has 0 bridgehead atoms. The molecule has 0 aromatic rings. The summed E-state index contributed by atoms with van der Waals surface area (Å²) in [7, 11) is 0. The second-order valence-corrected chi connectivity index (χ2v) is 3.10. The summed E-state index contributed by atoms with van der Waals surface area (Å²) < 4.78 is 0. The molecule has 2 nitrogen and oxygen atoms in total. The molecule has 0 rings (SSSR count). The first-order valence-electron chi connectivity index (χ1n) is 3.33. The highest BCUT2D eigenvalue weighted by molar-refractivity contribution is 4.97. The van der Waals surface area contributed by atoms with Gasteiger partial charge in [-0.05, 0) is 19.8 Å². The van der Waals surface area contributed by atoms with Gasteiger partial charge in [0.1, 0.15) is 0 Å². The van der Waals surface area contributed by atoms with Gasteiger partial charge in [0.15, 0.2) is 0 Å². The maximum absolute atomic E-state index is 8.63. The standard InChI is InChI=1S/C8H12N2/c1-7(4-5-9)8(2,3)6-10/h7H,4H2,1-3H3. The van der Waals surface area contributed by atoms with Crippen molar-refractivity contribution in [1.82, 2.24) is 0 Å². The molecular formula is C8H12N2. The van der Waals surface area contributed by atoms with E-state index in [0.717, 1.165) is 0 Å². The van der Waals surface area contributed by atoms with E-state index in [4.69, 9.17) is 10.5 Å². The Balaban J connectivity index is 4.10. The first kappa shape index (κ1) is 8.98. The van der Waals surface area contributed by atoms with E-state index in [1.165, 1.54) is 0 Å². The lowest BCUT2D eigenvalue weighted by Crippen LogP contribution is -2.18. The van der Waals surface area contributed by atoms with E-state index in [-0.39, 0.29) is 11.3 Å². The van der Waals surface area contributed by atoms with Gasteiger partial charge in [-0.25, -0.2) is 0 Å². The summed E-state index contributed by atoms with van der Waals surface area (Å²) >= 11 is 0.